The lowest BCUT2D eigenvalue weighted by Crippen LogP contribution is -2.44. The average molecular weight is 169 g/mol. The Balaban J connectivity index is 2.60. The van der Waals surface area contributed by atoms with Crippen LogP contribution < -0.4 is 0 Å². The van der Waals surface area contributed by atoms with Gasteiger partial charge in [-0.05, 0) is 44.7 Å². The molecule has 0 saturated carbocycles. The van der Waals surface area contributed by atoms with Crippen LogP contribution in [0.2, 0.25) is 0 Å². The van der Waals surface area contributed by atoms with Crippen LogP contribution in [0.1, 0.15) is 40.5 Å². The highest BCUT2D eigenvalue weighted by atomic mass is 15.1. The van der Waals surface area contributed by atoms with Crippen molar-refractivity contribution in [2.75, 3.05) is 13.6 Å². The number of likely N-dealkylation sites (tertiary alicyclic amines) is 1. The summed E-state index contributed by atoms with van der Waals surface area (Å²) >= 11 is 0. The Morgan fingerprint density at radius 3 is 2.42 bits per heavy atom. The van der Waals surface area contributed by atoms with Crippen LogP contribution in [-0.4, -0.2) is 24.5 Å². The van der Waals surface area contributed by atoms with E-state index in [1.165, 1.54) is 19.4 Å². The zero-order chi connectivity index (χ0) is 9.35. The minimum absolute atomic E-state index is 0.589. The fourth-order valence-electron chi connectivity index (χ4n) is 2.11. The molecule has 0 aromatic heterocycles. The van der Waals surface area contributed by atoms with E-state index in [9.17, 15) is 0 Å². The zero-order valence-corrected chi connectivity index (χ0v) is 9.22. The van der Waals surface area contributed by atoms with Gasteiger partial charge in [0.25, 0.3) is 0 Å². The van der Waals surface area contributed by atoms with Crippen molar-refractivity contribution in [2.24, 2.45) is 11.3 Å². The monoisotopic (exact) mass is 169 g/mol. The highest BCUT2D eigenvalue weighted by Gasteiger charge is 2.34. The molecule has 0 aromatic carbocycles. The maximum atomic E-state index is 2.48. The molecule has 1 saturated heterocycles. The minimum atomic E-state index is 0.589. The smallest absolute Gasteiger partial charge is 0.00691 e. The van der Waals surface area contributed by atoms with Crippen LogP contribution in [0.15, 0.2) is 0 Å². The van der Waals surface area contributed by atoms with Gasteiger partial charge in [0.15, 0.2) is 0 Å². The molecule has 1 nitrogen and oxygen atoms in total. The van der Waals surface area contributed by atoms with Crippen molar-refractivity contribution in [1.82, 2.24) is 4.90 Å². The van der Waals surface area contributed by atoms with Crippen LogP contribution in [0, 0.1) is 11.3 Å². The molecule has 0 unspecified atom stereocenters. The predicted octanol–water partition coefficient (Wildman–Crippen LogP) is 2.76. The van der Waals surface area contributed by atoms with E-state index in [4.69, 9.17) is 0 Å². The number of hydrogen-bond donors (Lipinski definition) is 0. The Labute approximate surface area is 77.1 Å². The fraction of sp³-hybridized carbons (Fsp3) is 1.00. The van der Waals surface area contributed by atoms with Crippen LogP contribution in [0.3, 0.4) is 0 Å². The summed E-state index contributed by atoms with van der Waals surface area (Å²) in [5.41, 5.74) is 0.589. The van der Waals surface area contributed by atoms with E-state index in [1.54, 1.807) is 0 Å². The molecule has 1 heteroatoms. The molecule has 1 aliphatic rings. The van der Waals surface area contributed by atoms with Gasteiger partial charge in [0.1, 0.15) is 0 Å². The van der Waals surface area contributed by atoms with Crippen LogP contribution in [-0.2, 0) is 0 Å². The van der Waals surface area contributed by atoms with E-state index < -0.39 is 0 Å². The Bertz CT molecular complexity index is 153. The van der Waals surface area contributed by atoms with Gasteiger partial charge in [-0.1, -0.05) is 20.8 Å². The van der Waals surface area contributed by atoms with E-state index in [0.717, 1.165) is 12.0 Å². The summed E-state index contributed by atoms with van der Waals surface area (Å²) in [6.07, 6.45) is 2.73. The maximum Gasteiger partial charge on any atom is 0.00691 e. The third-order valence-electron chi connectivity index (χ3n) is 3.94. The second-order valence-electron chi connectivity index (χ2n) is 5.09. The standard InChI is InChI=1S/C11H23N/c1-9(2)11(4)6-7-12(5)10(3)8-11/h9-10H,6-8H2,1-5H3/t10-,11+/m1/s1. The molecular formula is C11H23N. The number of rotatable bonds is 1. The van der Waals surface area contributed by atoms with Gasteiger partial charge < -0.3 is 4.90 Å². The molecule has 0 N–H and O–H groups in total. The number of piperidine rings is 1. The number of nitrogens with zero attached hydrogens (tertiary/aromatic N) is 1. The molecule has 1 aliphatic heterocycles. The second-order valence-corrected chi connectivity index (χ2v) is 5.09. The summed E-state index contributed by atoms with van der Waals surface area (Å²) in [4.78, 5) is 2.48. The normalized spacial score (nSPS) is 39.0. The van der Waals surface area contributed by atoms with E-state index in [2.05, 4.69) is 39.6 Å². The Kier molecular flexibility index (Phi) is 2.82. The van der Waals surface area contributed by atoms with Gasteiger partial charge in [-0.15, -0.1) is 0 Å². The molecule has 1 heterocycles. The Hall–Kier alpha value is -0.0400. The van der Waals surface area contributed by atoms with Gasteiger partial charge >= 0.3 is 0 Å². The molecule has 0 spiro atoms. The average Bonchev–Trinajstić information content (AvgIpc) is 1.97. The Morgan fingerprint density at radius 1 is 1.42 bits per heavy atom. The summed E-state index contributed by atoms with van der Waals surface area (Å²) in [7, 11) is 2.24. The lowest BCUT2D eigenvalue weighted by atomic mass is 9.70. The van der Waals surface area contributed by atoms with Crippen LogP contribution in [0.25, 0.3) is 0 Å². The van der Waals surface area contributed by atoms with Crippen molar-refractivity contribution in [1.29, 1.82) is 0 Å². The van der Waals surface area contributed by atoms with E-state index in [-0.39, 0.29) is 0 Å². The first-order chi connectivity index (χ1) is 5.46. The minimum Gasteiger partial charge on any atom is -0.304 e. The van der Waals surface area contributed by atoms with Crippen molar-refractivity contribution in [3.63, 3.8) is 0 Å². The van der Waals surface area contributed by atoms with Gasteiger partial charge in [0, 0.05) is 6.04 Å². The quantitative estimate of drug-likeness (QED) is 0.583. The van der Waals surface area contributed by atoms with Gasteiger partial charge in [0.05, 0.1) is 0 Å². The molecule has 72 valence electrons. The third-order valence-corrected chi connectivity index (χ3v) is 3.94. The van der Waals surface area contributed by atoms with Crippen LogP contribution in [0.4, 0.5) is 0 Å². The molecule has 0 aromatic rings. The largest absolute Gasteiger partial charge is 0.304 e. The molecule has 0 amide bonds. The van der Waals surface area contributed by atoms with E-state index >= 15 is 0 Å². The first-order valence-corrected chi connectivity index (χ1v) is 5.16. The molecule has 0 radical (unpaired) electrons. The third kappa shape index (κ3) is 1.82. The van der Waals surface area contributed by atoms with E-state index in [1.807, 2.05) is 0 Å². The second kappa shape index (κ2) is 3.37. The summed E-state index contributed by atoms with van der Waals surface area (Å²) < 4.78 is 0. The van der Waals surface area contributed by atoms with Crippen LogP contribution >= 0.6 is 0 Å². The highest BCUT2D eigenvalue weighted by Crippen LogP contribution is 2.39. The predicted molar refractivity (Wildman–Crippen MR) is 54.3 cm³/mol. The summed E-state index contributed by atoms with van der Waals surface area (Å²) in [5, 5.41) is 0. The van der Waals surface area contributed by atoms with Crippen molar-refractivity contribution in [2.45, 2.75) is 46.6 Å². The highest BCUT2D eigenvalue weighted by molar-refractivity contribution is 4.87. The van der Waals surface area contributed by atoms with Crippen molar-refractivity contribution < 1.29 is 0 Å². The first-order valence-electron chi connectivity index (χ1n) is 5.16. The van der Waals surface area contributed by atoms with Gasteiger partial charge in [-0.2, -0.15) is 0 Å². The van der Waals surface area contributed by atoms with Gasteiger partial charge in [-0.3, -0.25) is 0 Å². The van der Waals surface area contributed by atoms with E-state index in [0.29, 0.717) is 5.41 Å². The lowest BCUT2D eigenvalue weighted by Gasteiger charge is -2.44. The Morgan fingerprint density at radius 2 is 2.00 bits per heavy atom. The topological polar surface area (TPSA) is 3.24 Å². The maximum absolute atomic E-state index is 2.48. The molecule has 0 bridgehead atoms. The first kappa shape index (κ1) is 10.0. The summed E-state index contributed by atoms with van der Waals surface area (Å²) in [6, 6.07) is 0.770. The molecule has 1 rings (SSSR count). The zero-order valence-electron chi connectivity index (χ0n) is 9.22. The van der Waals surface area contributed by atoms with Crippen molar-refractivity contribution in [3.05, 3.63) is 0 Å². The van der Waals surface area contributed by atoms with Crippen LogP contribution in [0.5, 0.6) is 0 Å². The fourth-order valence-corrected chi connectivity index (χ4v) is 2.11. The SMILES string of the molecule is CC(C)[C@@]1(C)CCN(C)[C@H](C)C1. The molecule has 1 fully saturated rings. The molecule has 0 aliphatic carbocycles. The van der Waals surface area contributed by atoms with Crippen molar-refractivity contribution in [3.8, 4) is 0 Å². The molecule has 2 atom stereocenters. The van der Waals surface area contributed by atoms with Crippen molar-refractivity contribution >= 4 is 0 Å². The molecule has 12 heavy (non-hydrogen) atoms. The van der Waals surface area contributed by atoms with Gasteiger partial charge in [0.2, 0.25) is 0 Å². The molecular weight excluding hydrogens is 146 g/mol. The lowest BCUT2D eigenvalue weighted by molar-refractivity contribution is 0.0537. The summed E-state index contributed by atoms with van der Waals surface area (Å²) in [6.45, 7) is 10.8. The van der Waals surface area contributed by atoms with Gasteiger partial charge in [-0.25, -0.2) is 0 Å². The number of hydrogen-bond acceptors (Lipinski definition) is 1. The summed E-state index contributed by atoms with van der Waals surface area (Å²) in [5.74, 6) is 0.827.